The van der Waals surface area contributed by atoms with Crippen molar-refractivity contribution in [2.75, 3.05) is 20.0 Å². The van der Waals surface area contributed by atoms with Crippen LogP contribution in [-0.4, -0.2) is 24.2 Å². The number of nitrogens with two attached hydrogens (primary N) is 1. The monoisotopic (exact) mass is 245 g/mol. The highest BCUT2D eigenvalue weighted by Crippen LogP contribution is 2.34. The van der Waals surface area contributed by atoms with Gasteiger partial charge in [-0.05, 0) is 19.1 Å². The molecule has 0 saturated carbocycles. The largest absolute Gasteiger partial charge is 0.497 e. The lowest BCUT2D eigenvalue weighted by Crippen LogP contribution is -1.99. The zero-order valence-electron chi connectivity index (χ0n) is 10.6. The van der Waals surface area contributed by atoms with Gasteiger partial charge in [0.05, 0.1) is 19.9 Å². The third kappa shape index (κ3) is 2.07. The van der Waals surface area contributed by atoms with Crippen molar-refractivity contribution < 1.29 is 9.47 Å². The van der Waals surface area contributed by atoms with Crippen LogP contribution in [0.3, 0.4) is 0 Å². The Bertz CT molecular complexity index is 570. The van der Waals surface area contributed by atoms with Gasteiger partial charge in [-0.25, -0.2) is 9.97 Å². The van der Waals surface area contributed by atoms with E-state index in [1.165, 1.54) is 6.33 Å². The summed E-state index contributed by atoms with van der Waals surface area (Å²) < 4.78 is 10.5. The van der Waals surface area contributed by atoms with E-state index in [-0.39, 0.29) is 0 Å². The smallest absolute Gasteiger partial charge is 0.131 e. The zero-order valence-corrected chi connectivity index (χ0v) is 10.6. The van der Waals surface area contributed by atoms with Crippen LogP contribution in [0, 0.1) is 6.92 Å². The summed E-state index contributed by atoms with van der Waals surface area (Å²) >= 11 is 0. The fourth-order valence-electron chi connectivity index (χ4n) is 1.73. The molecule has 0 radical (unpaired) electrons. The van der Waals surface area contributed by atoms with Gasteiger partial charge < -0.3 is 15.2 Å². The van der Waals surface area contributed by atoms with Gasteiger partial charge in [-0.15, -0.1) is 0 Å². The summed E-state index contributed by atoms with van der Waals surface area (Å²) in [6, 6.07) is 5.56. The van der Waals surface area contributed by atoms with E-state index in [1.54, 1.807) is 14.2 Å². The van der Waals surface area contributed by atoms with Crippen LogP contribution in [0.4, 0.5) is 5.82 Å². The Morgan fingerprint density at radius 2 is 1.89 bits per heavy atom. The molecule has 0 aliphatic carbocycles. The van der Waals surface area contributed by atoms with Gasteiger partial charge in [0.25, 0.3) is 0 Å². The maximum absolute atomic E-state index is 5.79. The molecule has 0 aliphatic rings. The van der Waals surface area contributed by atoms with Gasteiger partial charge in [-0.1, -0.05) is 0 Å². The molecular weight excluding hydrogens is 230 g/mol. The molecule has 94 valence electrons. The number of ether oxygens (including phenoxy) is 2. The van der Waals surface area contributed by atoms with Gasteiger partial charge in [-0.2, -0.15) is 0 Å². The molecule has 1 aromatic heterocycles. The molecule has 0 atom stereocenters. The maximum Gasteiger partial charge on any atom is 0.131 e. The molecule has 0 fully saturated rings. The third-order valence-electron chi connectivity index (χ3n) is 2.79. The summed E-state index contributed by atoms with van der Waals surface area (Å²) in [5.74, 6) is 1.89. The minimum absolute atomic E-state index is 0.470. The van der Waals surface area contributed by atoms with Crippen molar-refractivity contribution in [3.05, 3.63) is 30.1 Å². The first kappa shape index (κ1) is 12.2. The average Bonchev–Trinajstić information content (AvgIpc) is 2.41. The molecule has 1 aromatic carbocycles. The molecule has 5 nitrogen and oxygen atoms in total. The van der Waals surface area contributed by atoms with Crippen molar-refractivity contribution >= 4 is 5.82 Å². The Labute approximate surface area is 106 Å². The number of hydrogen-bond donors (Lipinski definition) is 1. The van der Waals surface area contributed by atoms with Crippen molar-refractivity contribution in [3.63, 3.8) is 0 Å². The zero-order chi connectivity index (χ0) is 13.1. The summed E-state index contributed by atoms with van der Waals surface area (Å²) in [5, 5.41) is 0. The van der Waals surface area contributed by atoms with Gasteiger partial charge in [-0.3, -0.25) is 0 Å². The Hall–Kier alpha value is -2.30. The van der Waals surface area contributed by atoms with Crippen molar-refractivity contribution in [2.24, 2.45) is 0 Å². The average molecular weight is 245 g/mol. The molecule has 0 bridgehead atoms. The van der Waals surface area contributed by atoms with Crippen LogP contribution >= 0.6 is 0 Å². The van der Waals surface area contributed by atoms with Gasteiger partial charge in [0.1, 0.15) is 23.6 Å². The Balaban J connectivity index is 2.60. The predicted octanol–water partition coefficient (Wildman–Crippen LogP) is 2.05. The molecule has 2 aromatic rings. The molecule has 1 heterocycles. The lowest BCUT2D eigenvalue weighted by Gasteiger charge is -2.12. The second kappa shape index (κ2) is 4.91. The molecule has 0 aliphatic heterocycles. The van der Waals surface area contributed by atoms with E-state index in [0.29, 0.717) is 11.6 Å². The minimum atomic E-state index is 0.470. The van der Waals surface area contributed by atoms with E-state index in [1.807, 2.05) is 25.1 Å². The van der Waals surface area contributed by atoms with Gasteiger partial charge >= 0.3 is 0 Å². The van der Waals surface area contributed by atoms with Crippen molar-refractivity contribution in [3.8, 4) is 22.8 Å². The lowest BCUT2D eigenvalue weighted by atomic mass is 10.1. The molecule has 0 unspecified atom stereocenters. The van der Waals surface area contributed by atoms with Gasteiger partial charge in [0, 0.05) is 17.2 Å². The normalized spacial score (nSPS) is 10.2. The number of methoxy groups -OCH3 is 2. The highest BCUT2D eigenvalue weighted by Gasteiger charge is 2.12. The topological polar surface area (TPSA) is 70.3 Å². The van der Waals surface area contributed by atoms with Gasteiger partial charge in [0.15, 0.2) is 0 Å². The Kier molecular flexibility index (Phi) is 3.32. The summed E-state index contributed by atoms with van der Waals surface area (Å²) in [5.41, 5.74) is 8.25. The summed E-state index contributed by atoms with van der Waals surface area (Å²) in [6.07, 6.45) is 1.45. The first-order valence-corrected chi connectivity index (χ1v) is 5.47. The fourth-order valence-corrected chi connectivity index (χ4v) is 1.73. The second-order valence-electron chi connectivity index (χ2n) is 3.80. The van der Waals surface area contributed by atoms with Crippen LogP contribution < -0.4 is 15.2 Å². The number of rotatable bonds is 3. The molecule has 2 N–H and O–H groups in total. The highest BCUT2D eigenvalue weighted by molar-refractivity contribution is 5.73. The van der Waals surface area contributed by atoms with Crippen molar-refractivity contribution in [1.82, 2.24) is 9.97 Å². The van der Waals surface area contributed by atoms with E-state index < -0.39 is 0 Å². The molecular formula is C13H15N3O2. The number of anilines is 1. The Morgan fingerprint density at radius 3 is 2.56 bits per heavy atom. The third-order valence-corrected chi connectivity index (χ3v) is 2.79. The summed E-state index contributed by atoms with van der Waals surface area (Å²) in [7, 11) is 3.22. The van der Waals surface area contributed by atoms with Crippen molar-refractivity contribution in [1.29, 1.82) is 0 Å². The lowest BCUT2D eigenvalue weighted by molar-refractivity contribution is 0.395. The number of nitrogens with zero attached hydrogens (tertiary/aromatic N) is 2. The highest BCUT2D eigenvalue weighted by atomic mass is 16.5. The minimum Gasteiger partial charge on any atom is -0.497 e. The number of hydrogen-bond acceptors (Lipinski definition) is 5. The predicted molar refractivity (Wildman–Crippen MR) is 69.7 cm³/mol. The van der Waals surface area contributed by atoms with Crippen LogP contribution in [0.25, 0.3) is 11.3 Å². The first-order chi connectivity index (χ1) is 8.67. The molecule has 2 rings (SSSR count). The van der Waals surface area contributed by atoms with E-state index in [4.69, 9.17) is 15.2 Å². The van der Waals surface area contributed by atoms with E-state index in [9.17, 15) is 0 Å². The number of benzene rings is 1. The number of nitrogen functional groups attached to an aromatic ring is 1. The summed E-state index contributed by atoms with van der Waals surface area (Å²) in [6.45, 7) is 1.88. The van der Waals surface area contributed by atoms with E-state index >= 15 is 0 Å². The van der Waals surface area contributed by atoms with Gasteiger partial charge in [0.2, 0.25) is 0 Å². The Morgan fingerprint density at radius 1 is 1.11 bits per heavy atom. The standard InChI is InChI=1S/C13H15N3O2/c1-8-12(15-7-16-13(8)14)10-5-4-9(17-2)6-11(10)18-3/h4-7H,1-3H3,(H2,14,15,16). The van der Waals surface area contributed by atoms with E-state index in [2.05, 4.69) is 9.97 Å². The summed E-state index contributed by atoms with van der Waals surface area (Å²) in [4.78, 5) is 8.22. The van der Waals surface area contributed by atoms with Crippen LogP contribution in [0.5, 0.6) is 11.5 Å². The second-order valence-corrected chi connectivity index (χ2v) is 3.80. The van der Waals surface area contributed by atoms with Crippen LogP contribution in [0.15, 0.2) is 24.5 Å². The molecule has 5 heteroatoms. The maximum atomic E-state index is 5.79. The fraction of sp³-hybridized carbons (Fsp3) is 0.231. The van der Waals surface area contributed by atoms with Crippen molar-refractivity contribution in [2.45, 2.75) is 6.92 Å². The van der Waals surface area contributed by atoms with E-state index in [0.717, 1.165) is 22.6 Å². The molecule has 0 amide bonds. The van der Waals surface area contributed by atoms with Crippen LogP contribution in [0.1, 0.15) is 5.56 Å². The molecule has 0 spiro atoms. The van der Waals surface area contributed by atoms with Crippen LogP contribution in [0.2, 0.25) is 0 Å². The quantitative estimate of drug-likeness (QED) is 0.896. The number of aromatic nitrogens is 2. The first-order valence-electron chi connectivity index (χ1n) is 5.47. The molecule has 0 saturated heterocycles. The molecule has 18 heavy (non-hydrogen) atoms. The SMILES string of the molecule is COc1ccc(-c2ncnc(N)c2C)c(OC)c1. The van der Waals surface area contributed by atoms with Crippen LogP contribution in [-0.2, 0) is 0 Å².